The number of para-hydroxylation sites is 1. The van der Waals surface area contributed by atoms with Gasteiger partial charge in [-0.1, -0.05) is 31.5 Å². The number of aromatic nitrogens is 1. The zero-order valence-electron chi connectivity index (χ0n) is 11.7. The van der Waals surface area contributed by atoms with Crippen molar-refractivity contribution < 1.29 is 0 Å². The first-order chi connectivity index (χ1) is 9.38. The summed E-state index contributed by atoms with van der Waals surface area (Å²) in [6, 6.07) is 9.46. The van der Waals surface area contributed by atoms with Crippen molar-refractivity contribution in [3.63, 3.8) is 0 Å². The van der Waals surface area contributed by atoms with Gasteiger partial charge < -0.3 is 4.98 Å². The highest BCUT2D eigenvalue weighted by atomic mass is 15.2. The van der Waals surface area contributed by atoms with E-state index in [4.69, 9.17) is 0 Å². The number of benzene rings is 1. The number of rotatable bonds is 1. The molecule has 0 radical (unpaired) electrons. The highest BCUT2D eigenvalue weighted by molar-refractivity contribution is 5.85. The zero-order valence-corrected chi connectivity index (χ0v) is 11.7. The lowest BCUT2D eigenvalue weighted by Crippen LogP contribution is -2.43. The molecule has 19 heavy (non-hydrogen) atoms. The Morgan fingerprint density at radius 2 is 2.16 bits per heavy atom. The standard InChI is InChI=1S/C17H22N2/c1-2-12-6-5-10-19-11-9-14-13-7-3-4-8-15(13)18-16(14)17(12)19/h3-4,7-8,12,17-18H,2,5-6,9-11H2,1H3/t12-,17+/m1/s1. The van der Waals surface area contributed by atoms with Gasteiger partial charge in [-0.2, -0.15) is 0 Å². The molecular weight excluding hydrogens is 232 g/mol. The summed E-state index contributed by atoms with van der Waals surface area (Å²) in [5, 5.41) is 1.46. The molecule has 1 fully saturated rings. The molecule has 0 unspecified atom stereocenters. The molecule has 2 aliphatic rings. The molecule has 1 aromatic carbocycles. The third kappa shape index (κ3) is 1.66. The van der Waals surface area contributed by atoms with E-state index in [0.29, 0.717) is 6.04 Å². The Kier molecular flexibility index (Phi) is 2.66. The quantitative estimate of drug-likeness (QED) is 0.818. The topological polar surface area (TPSA) is 19.0 Å². The van der Waals surface area contributed by atoms with Gasteiger partial charge in [0.2, 0.25) is 0 Å². The normalized spacial score (nSPS) is 27.2. The van der Waals surface area contributed by atoms with E-state index in [9.17, 15) is 0 Å². The highest BCUT2D eigenvalue weighted by Gasteiger charge is 2.37. The Bertz CT molecular complexity index is 598. The zero-order chi connectivity index (χ0) is 12.8. The predicted molar refractivity (Wildman–Crippen MR) is 79.3 cm³/mol. The Balaban J connectivity index is 1.87. The van der Waals surface area contributed by atoms with Crippen LogP contribution in [0.25, 0.3) is 10.9 Å². The highest BCUT2D eigenvalue weighted by Crippen LogP contribution is 2.43. The van der Waals surface area contributed by atoms with Gasteiger partial charge in [-0.05, 0) is 43.4 Å². The smallest absolute Gasteiger partial charge is 0.0529 e. The molecule has 2 heteroatoms. The van der Waals surface area contributed by atoms with Gasteiger partial charge in [0.05, 0.1) is 6.04 Å². The van der Waals surface area contributed by atoms with E-state index in [0.717, 1.165) is 5.92 Å². The van der Waals surface area contributed by atoms with Gasteiger partial charge >= 0.3 is 0 Å². The Morgan fingerprint density at radius 1 is 1.26 bits per heavy atom. The minimum atomic E-state index is 0.648. The van der Waals surface area contributed by atoms with Crippen molar-refractivity contribution in [3.8, 4) is 0 Å². The second-order valence-electron chi connectivity index (χ2n) is 6.10. The van der Waals surface area contributed by atoms with Crippen LogP contribution >= 0.6 is 0 Å². The average Bonchev–Trinajstić information content (AvgIpc) is 2.85. The molecule has 1 aromatic heterocycles. The molecule has 2 atom stereocenters. The van der Waals surface area contributed by atoms with Crippen LogP contribution in [0, 0.1) is 5.92 Å². The van der Waals surface area contributed by atoms with Crippen LogP contribution < -0.4 is 0 Å². The first-order valence-electron chi connectivity index (χ1n) is 7.72. The summed E-state index contributed by atoms with van der Waals surface area (Å²) in [6.07, 6.45) is 5.29. The van der Waals surface area contributed by atoms with Gasteiger partial charge in [-0.3, -0.25) is 4.90 Å². The van der Waals surface area contributed by atoms with Crippen molar-refractivity contribution in [2.75, 3.05) is 13.1 Å². The molecule has 2 aromatic rings. The molecule has 0 amide bonds. The van der Waals surface area contributed by atoms with Crippen molar-refractivity contribution >= 4 is 10.9 Å². The Morgan fingerprint density at radius 3 is 3.05 bits per heavy atom. The van der Waals surface area contributed by atoms with Crippen LogP contribution in [0.2, 0.25) is 0 Å². The van der Waals surface area contributed by atoms with Gasteiger partial charge in [0, 0.05) is 23.1 Å². The molecule has 0 aliphatic carbocycles. The van der Waals surface area contributed by atoms with E-state index in [1.54, 1.807) is 5.56 Å². The maximum atomic E-state index is 3.74. The second-order valence-corrected chi connectivity index (χ2v) is 6.10. The lowest BCUT2D eigenvalue weighted by atomic mass is 9.81. The van der Waals surface area contributed by atoms with Crippen molar-refractivity contribution in [1.82, 2.24) is 9.88 Å². The third-order valence-corrected chi connectivity index (χ3v) is 5.18. The predicted octanol–water partition coefficient (Wildman–Crippen LogP) is 3.89. The largest absolute Gasteiger partial charge is 0.357 e. The monoisotopic (exact) mass is 254 g/mol. The van der Waals surface area contributed by atoms with Crippen LogP contribution in [-0.2, 0) is 6.42 Å². The number of fused-ring (bicyclic) bond motifs is 5. The Labute approximate surface area is 114 Å². The first kappa shape index (κ1) is 11.5. The van der Waals surface area contributed by atoms with E-state index in [-0.39, 0.29) is 0 Å². The molecule has 4 rings (SSSR count). The van der Waals surface area contributed by atoms with Crippen molar-refractivity contribution in [3.05, 3.63) is 35.5 Å². The lowest BCUT2D eigenvalue weighted by Gasteiger charge is -2.44. The molecule has 0 spiro atoms. The lowest BCUT2D eigenvalue weighted by molar-refractivity contribution is 0.0788. The van der Waals surface area contributed by atoms with Crippen LogP contribution in [0.3, 0.4) is 0 Å². The summed E-state index contributed by atoms with van der Waals surface area (Å²) < 4.78 is 0. The summed E-state index contributed by atoms with van der Waals surface area (Å²) in [7, 11) is 0. The van der Waals surface area contributed by atoms with Gasteiger partial charge in [0.1, 0.15) is 0 Å². The number of nitrogens with one attached hydrogen (secondary N) is 1. The summed E-state index contributed by atoms with van der Waals surface area (Å²) in [6.45, 7) is 4.89. The molecule has 3 heterocycles. The van der Waals surface area contributed by atoms with Gasteiger partial charge in [0.25, 0.3) is 0 Å². The molecule has 100 valence electrons. The van der Waals surface area contributed by atoms with Crippen molar-refractivity contribution in [2.45, 2.75) is 38.6 Å². The van der Waals surface area contributed by atoms with Crippen LogP contribution in [0.15, 0.2) is 24.3 Å². The van der Waals surface area contributed by atoms with Gasteiger partial charge in [-0.25, -0.2) is 0 Å². The number of hydrogen-bond donors (Lipinski definition) is 1. The number of hydrogen-bond acceptors (Lipinski definition) is 1. The number of nitrogens with zero attached hydrogens (tertiary/aromatic N) is 1. The number of H-pyrrole nitrogens is 1. The van der Waals surface area contributed by atoms with Crippen LogP contribution in [0.1, 0.15) is 43.5 Å². The third-order valence-electron chi connectivity index (χ3n) is 5.18. The molecule has 1 saturated heterocycles. The Hall–Kier alpha value is -1.28. The van der Waals surface area contributed by atoms with Gasteiger partial charge in [0.15, 0.2) is 0 Å². The van der Waals surface area contributed by atoms with Crippen molar-refractivity contribution in [2.24, 2.45) is 5.92 Å². The maximum Gasteiger partial charge on any atom is 0.0529 e. The van der Waals surface area contributed by atoms with Gasteiger partial charge in [-0.15, -0.1) is 0 Å². The van der Waals surface area contributed by atoms with E-state index in [2.05, 4.69) is 41.1 Å². The number of piperidine rings is 1. The van der Waals surface area contributed by atoms with E-state index in [1.165, 1.54) is 55.4 Å². The van der Waals surface area contributed by atoms with E-state index >= 15 is 0 Å². The second kappa shape index (κ2) is 4.38. The van der Waals surface area contributed by atoms with Crippen LogP contribution in [0.5, 0.6) is 0 Å². The van der Waals surface area contributed by atoms with Crippen LogP contribution in [-0.4, -0.2) is 23.0 Å². The summed E-state index contributed by atoms with van der Waals surface area (Å²) in [5.74, 6) is 0.834. The molecular formula is C17H22N2. The molecule has 1 N–H and O–H groups in total. The van der Waals surface area contributed by atoms with Crippen molar-refractivity contribution in [1.29, 1.82) is 0 Å². The molecule has 2 aliphatic heterocycles. The summed E-state index contributed by atoms with van der Waals surface area (Å²) in [4.78, 5) is 6.46. The van der Waals surface area contributed by atoms with E-state index in [1.807, 2.05) is 0 Å². The fourth-order valence-electron chi connectivity index (χ4n) is 4.25. The summed E-state index contributed by atoms with van der Waals surface area (Å²) in [5.41, 5.74) is 4.45. The van der Waals surface area contributed by atoms with Crippen LogP contribution in [0.4, 0.5) is 0 Å². The minimum absolute atomic E-state index is 0.648. The fourth-order valence-corrected chi connectivity index (χ4v) is 4.25. The number of aromatic amines is 1. The maximum absolute atomic E-state index is 3.74. The first-order valence-corrected chi connectivity index (χ1v) is 7.72. The minimum Gasteiger partial charge on any atom is -0.357 e. The average molecular weight is 254 g/mol. The SMILES string of the molecule is CC[C@@H]1CCCN2CCc3c([nH]c4ccccc34)[C@H]12. The fraction of sp³-hybridized carbons (Fsp3) is 0.529. The molecule has 2 nitrogen and oxygen atoms in total. The molecule has 0 saturated carbocycles. The molecule has 0 bridgehead atoms. The summed E-state index contributed by atoms with van der Waals surface area (Å²) >= 11 is 0. The van der Waals surface area contributed by atoms with E-state index < -0.39 is 0 Å².